The van der Waals surface area contributed by atoms with Gasteiger partial charge in [0.2, 0.25) is 5.88 Å². The van der Waals surface area contributed by atoms with Crippen LogP contribution in [0.2, 0.25) is 0 Å². The van der Waals surface area contributed by atoms with Crippen molar-refractivity contribution in [1.82, 2.24) is 24.6 Å². The third kappa shape index (κ3) is 6.00. The minimum Gasteiger partial charge on any atom is -0.491 e. The normalized spacial score (nSPS) is 11.1. The lowest BCUT2D eigenvalue weighted by molar-refractivity contribution is 0.146. The van der Waals surface area contributed by atoms with E-state index in [2.05, 4.69) is 20.1 Å². The minimum absolute atomic E-state index is 0.501. The lowest BCUT2D eigenvalue weighted by Crippen LogP contribution is -2.24. The molecule has 0 atom stereocenters. The SMILES string of the molecule is COCCOc1ccc(-c2nnc(CN(C)CCOC)n2-c2ccc(OC)nc2)cc1. The zero-order valence-electron chi connectivity index (χ0n) is 18.4. The van der Waals surface area contributed by atoms with Crippen LogP contribution in [0.25, 0.3) is 17.1 Å². The molecule has 31 heavy (non-hydrogen) atoms. The molecule has 9 heteroatoms. The van der Waals surface area contributed by atoms with Gasteiger partial charge >= 0.3 is 0 Å². The molecule has 0 unspecified atom stereocenters. The monoisotopic (exact) mass is 427 g/mol. The second-order valence-electron chi connectivity index (χ2n) is 6.93. The molecule has 1 aromatic carbocycles. The van der Waals surface area contributed by atoms with Gasteiger partial charge < -0.3 is 18.9 Å². The van der Waals surface area contributed by atoms with Crippen molar-refractivity contribution in [3.05, 3.63) is 48.4 Å². The van der Waals surface area contributed by atoms with Crippen molar-refractivity contribution in [3.63, 3.8) is 0 Å². The van der Waals surface area contributed by atoms with Gasteiger partial charge in [0.1, 0.15) is 12.4 Å². The molecule has 0 aliphatic rings. The molecule has 0 aliphatic carbocycles. The van der Waals surface area contributed by atoms with Gasteiger partial charge in [0.25, 0.3) is 0 Å². The highest BCUT2D eigenvalue weighted by atomic mass is 16.5. The van der Waals surface area contributed by atoms with Gasteiger partial charge in [-0.3, -0.25) is 9.47 Å². The Bertz CT molecular complexity index is 928. The summed E-state index contributed by atoms with van der Waals surface area (Å²) in [5.41, 5.74) is 1.78. The second kappa shape index (κ2) is 11.4. The molecule has 2 aromatic heterocycles. The highest BCUT2D eigenvalue weighted by molar-refractivity contribution is 5.59. The topological polar surface area (TPSA) is 83.8 Å². The number of likely N-dealkylation sites (N-methyl/N-ethyl adjacent to an activating group) is 1. The van der Waals surface area contributed by atoms with Crippen LogP contribution in [-0.2, 0) is 16.0 Å². The van der Waals surface area contributed by atoms with E-state index in [4.69, 9.17) is 18.9 Å². The van der Waals surface area contributed by atoms with Gasteiger partial charge in [0, 0.05) is 32.4 Å². The average molecular weight is 428 g/mol. The Hall–Kier alpha value is -3.01. The number of hydrogen-bond acceptors (Lipinski definition) is 8. The van der Waals surface area contributed by atoms with E-state index in [1.165, 1.54) is 0 Å². The number of hydrogen-bond donors (Lipinski definition) is 0. The van der Waals surface area contributed by atoms with Crippen LogP contribution in [0, 0.1) is 0 Å². The summed E-state index contributed by atoms with van der Waals surface area (Å²) in [5, 5.41) is 8.95. The maximum atomic E-state index is 5.66. The first kappa shape index (κ1) is 22.7. The maximum absolute atomic E-state index is 5.66. The molecular weight excluding hydrogens is 398 g/mol. The Morgan fingerprint density at radius 2 is 1.68 bits per heavy atom. The fourth-order valence-corrected chi connectivity index (χ4v) is 3.01. The van der Waals surface area contributed by atoms with Crippen molar-refractivity contribution in [2.75, 3.05) is 54.7 Å². The summed E-state index contributed by atoms with van der Waals surface area (Å²) in [4.78, 5) is 6.49. The summed E-state index contributed by atoms with van der Waals surface area (Å²) in [6.45, 7) is 3.09. The number of ether oxygens (including phenoxy) is 4. The van der Waals surface area contributed by atoms with Crippen LogP contribution in [0.5, 0.6) is 11.6 Å². The standard InChI is InChI=1S/C22H29N5O4/c1-26(11-12-28-2)16-20-24-25-22(27(20)18-7-10-21(30-4)23-15-18)17-5-8-19(9-6-17)31-14-13-29-3/h5-10,15H,11-14,16H2,1-4H3. The number of methoxy groups -OCH3 is 3. The Morgan fingerprint density at radius 3 is 2.32 bits per heavy atom. The smallest absolute Gasteiger partial charge is 0.213 e. The van der Waals surface area contributed by atoms with E-state index in [0.717, 1.165) is 35.2 Å². The third-order valence-corrected chi connectivity index (χ3v) is 4.68. The molecule has 0 N–H and O–H groups in total. The van der Waals surface area contributed by atoms with Gasteiger partial charge in [-0.1, -0.05) is 0 Å². The zero-order valence-corrected chi connectivity index (χ0v) is 18.4. The molecule has 0 bridgehead atoms. The van der Waals surface area contributed by atoms with E-state index in [9.17, 15) is 0 Å². The van der Waals surface area contributed by atoms with Gasteiger partial charge in [-0.15, -0.1) is 10.2 Å². The van der Waals surface area contributed by atoms with Crippen LogP contribution >= 0.6 is 0 Å². The summed E-state index contributed by atoms with van der Waals surface area (Å²) in [5.74, 6) is 2.86. The van der Waals surface area contributed by atoms with E-state index in [1.54, 1.807) is 27.5 Å². The zero-order chi connectivity index (χ0) is 22.1. The van der Waals surface area contributed by atoms with E-state index in [0.29, 0.717) is 32.2 Å². The number of pyridine rings is 1. The molecule has 3 rings (SSSR count). The Labute approximate surface area is 182 Å². The summed E-state index contributed by atoms with van der Waals surface area (Å²) in [7, 11) is 6.96. The molecule has 2 heterocycles. The molecule has 0 saturated heterocycles. The molecule has 166 valence electrons. The number of benzene rings is 1. The Kier molecular flexibility index (Phi) is 8.34. The van der Waals surface area contributed by atoms with E-state index in [-0.39, 0.29) is 0 Å². The molecule has 0 aliphatic heterocycles. The van der Waals surface area contributed by atoms with E-state index in [1.807, 2.05) is 48.0 Å². The molecule has 0 amide bonds. The van der Waals surface area contributed by atoms with Gasteiger partial charge in [0.05, 0.1) is 38.8 Å². The number of rotatable bonds is 12. The number of aromatic nitrogens is 4. The van der Waals surface area contributed by atoms with Crippen molar-refractivity contribution in [1.29, 1.82) is 0 Å². The van der Waals surface area contributed by atoms with Crippen molar-refractivity contribution in [2.24, 2.45) is 0 Å². The number of nitrogens with zero attached hydrogens (tertiary/aromatic N) is 5. The molecule has 0 saturated carbocycles. The predicted octanol–water partition coefficient (Wildman–Crippen LogP) is 2.44. The van der Waals surface area contributed by atoms with Crippen molar-refractivity contribution >= 4 is 0 Å². The van der Waals surface area contributed by atoms with Crippen LogP contribution in [-0.4, -0.2) is 79.4 Å². The fraction of sp³-hybridized carbons (Fsp3) is 0.409. The maximum Gasteiger partial charge on any atom is 0.213 e. The highest BCUT2D eigenvalue weighted by Gasteiger charge is 2.17. The van der Waals surface area contributed by atoms with Gasteiger partial charge in [-0.2, -0.15) is 0 Å². The van der Waals surface area contributed by atoms with Gasteiger partial charge in [0.15, 0.2) is 11.6 Å². The summed E-state index contributed by atoms with van der Waals surface area (Å²) in [6, 6.07) is 11.5. The third-order valence-electron chi connectivity index (χ3n) is 4.68. The molecule has 9 nitrogen and oxygen atoms in total. The van der Waals surface area contributed by atoms with Gasteiger partial charge in [-0.05, 0) is 37.4 Å². The summed E-state index contributed by atoms with van der Waals surface area (Å²) >= 11 is 0. The first-order valence-electron chi connectivity index (χ1n) is 10.0. The average Bonchev–Trinajstić information content (AvgIpc) is 3.21. The van der Waals surface area contributed by atoms with Crippen LogP contribution in [0.1, 0.15) is 5.82 Å². The van der Waals surface area contributed by atoms with Crippen molar-refractivity contribution < 1.29 is 18.9 Å². The van der Waals surface area contributed by atoms with E-state index >= 15 is 0 Å². The van der Waals surface area contributed by atoms with Crippen LogP contribution in [0.3, 0.4) is 0 Å². The van der Waals surface area contributed by atoms with Crippen LogP contribution < -0.4 is 9.47 Å². The molecule has 3 aromatic rings. The molecule has 0 fully saturated rings. The lowest BCUT2D eigenvalue weighted by atomic mass is 10.2. The van der Waals surface area contributed by atoms with Gasteiger partial charge in [-0.25, -0.2) is 4.98 Å². The first-order chi connectivity index (χ1) is 15.2. The minimum atomic E-state index is 0.501. The summed E-state index contributed by atoms with van der Waals surface area (Å²) < 4.78 is 23.1. The fourth-order valence-electron chi connectivity index (χ4n) is 3.01. The lowest BCUT2D eigenvalue weighted by Gasteiger charge is -2.17. The highest BCUT2D eigenvalue weighted by Crippen LogP contribution is 2.26. The van der Waals surface area contributed by atoms with Crippen molar-refractivity contribution in [3.8, 4) is 28.7 Å². The second-order valence-corrected chi connectivity index (χ2v) is 6.93. The van der Waals surface area contributed by atoms with Crippen LogP contribution in [0.4, 0.5) is 0 Å². The summed E-state index contributed by atoms with van der Waals surface area (Å²) in [6.07, 6.45) is 1.76. The van der Waals surface area contributed by atoms with Crippen molar-refractivity contribution in [2.45, 2.75) is 6.54 Å². The van der Waals surface area contributed by atoms with E-state index < -0.39 is 0 Å². The van der Waals surface area contributed by atoms with Crippen LogP contribution in [0.15, 0.2) is 42.6 Å². The molecule has 0 radical (unpaired) electrons. The Balaban J connectivity index is 1.91. The molecule has 0 spiro atoms. The Morgan fingerprint density at radius 1 is 0.903 bits per heavy atom. The quantitative estimate of drug-likeness (QED) is 0.408. The largest absolute Gasteiger partial charge is 0.491 e. The first-order valence-corrected chi connectivity index (χ1v) is 10.0. The predicted molar refractivity (Wildman–Crippen MR) is 117 cm³/mol. The molecular formula is C22H29N5O4.